The van der Waals surface area contributed by atoms with Gasteiger partial charge in [0.05, 0.1) is 0 Å². The largest absolute Gasteiger partial charge is 0.434 e. The fourth-order valence-electron chi connectivity index (χ4n) is 5.85. The van der Waals surface area contributed by atoms with Crippen LogP contribution in [-0.2, 0) is 0 Å². The molecule has 0 aromatic heterocycles. The molecule has 0 unspecified atom stereocenters. The number of alkyl halides is 2. The van der Waals surface area contributed by atoms with Crippen molar-refractivity contribution in [2.45, 2.75) is 51.6 Å². The zero-order valence-electron chi connectivity index (χ0n) is 14.0. The predicted octanol–water partition coefficient (Wildman–Crippen LogP) is 5.31. The zero-order chi connectivity index (χ0) is 16.6. The van der Waals surface area contributed by atoms with E-state index in [9.17, 15) is 8.78 Å². The summed E-state index contributed by atoms with van der Waals surface area (Å²) in [6.07, 6.45) is 11.4. The second kappa shape index (κ2) is 6.45. The van der Waals surface area contributed by atoms with Crippen molar-refractivity contribution in [2.75, 3.05) is 6.54 Å². The average Bonchev–Trinajstić information content (AvgIpc) is 2.51. The summed E-state index contributed by atoms with van der Waals surface area (Å²) in [5.74, 6) is 3.08. The van der Waals surface area contributed by atoms with Gasteiger partial charge in [-0.2, -0.15) is 8.78 Å². The van der Waals surface area contributed by atoms with Gasteiger partial charge in [-0.05, 0) is 80.2 Å². The average molecular weight is 333 g/mol. The minimum Gasteiger partial charge on any atom is -0.434 e. The second-order valence-electron chi connectivity index (χ2n) is 8.12. The number of halogens is 2. The molecule has 4 bridgehead atoms. The third-order valence-electron chi connectivity index (χ3n) is 6.30. The van der Waals surface area contributed by atoms with Crippen molar-refractivity contribution in [1.82, 2.24) is 0 Å². The molecule has 4 fully saturated rings. The molecule has 0 N–H and O–H groups in total. The molecule has 2 nitrogen and oxygen atoms in total. The zero-order valence-corrected chi connectivity index (χ0v) is 14.0. The summed E-state index contributed by atoms with van der Waals surface area (Å²) in [5, 5.41) is 0. The summed E-state index contributed by atoms with van der Waals surface area (Å²) >= 11 is 0. The second-order valence-corrected chi connectivity index (χ2v) is 8.12. The Bertz CT molecular complexity index is 578. The Morgan fingerprint density at radius 2 is 1.71 bits per heavy atom. The van der Waals surface area contributed by atoms with Gasteiger partial charge in [0.1, 0.15) is 5.75 Å². The van der Waals surface area contributed by atoms with E-state index in [2.05, 4.69) is 9.73 Å². The first-order chi connectivity index (χ1) is 11.6. The van der Waals surface area contributed by atoms with Gasteiger partial charge in [0, 0.05) is 18.3 Å². The van der Waals surface area contributed by atoms with E-state index in [0.29, 0.717) is 11.0 Å². The maximum Gasteiger partial charge on any atom is 0.387 e. The van der Waals surface area contributed by atoms with Crippen LogP contribution in [0.25, 0.3) is 0 Å². The molecule has 24 heavy (non-hydrogen) atoms. The predicted molar refractivity (Wildman–Crippen MR) is 90.8 cm³/mol. The molecule has 1 aromatic rings. The molecule has 4 heteroatoms. The van der Waals surface area contributed by atoms with Crippen molar-refractivity contribution in [2.24, 2.45) is 28.2 Å². The van der Waals surface area contributed by atoms with Crippen molar-refractivity contribution >= 4 is 6.21 Å². The highest BCUT2D eigenvalue weighted by atomic mass is 19.3. The molecule has 4 aliphatic rings. The van der Waals surface area contributed by atoms with Crippen molar-refractivity contribution in [1.29, 1.82) is 0 Å². The highest BCUT2D eigenvalue weighted by Gasteiger charge is 2.50. The SMILES string of the molecule is FC(F)Oc1ccccc1C=NCCC12CC3CC(CC(C3)C1)C2. The van der Waals surface area contributed by atoms with Gasteiger partial charge < -0.3 is 4.74 Å². The van der Waals surface area contributed by atoms with Crippen LogP contribution < -0.4 is 4.74 Å². The lowest BCUT2D eigenvalue weighted by molar-refractivity contribution is -0.0556. The highest BCUT2D eigenvalue weighted by molar-refractivity contribution is 5.83. The van der Waals surface area contributed by atoms with E-state index < -0.39 is 6.61 Å². The number of benzene rings is 1. The van der Waals surface area contributed by atoms with E-state index in [-0.39, 0.29) is 5.75 Å². The first-order valence-corrected chi connectivity index (χ1v) is 9.16. The van der Waals surface area contributed by atoms with Gasteiger partial charge in [-0.1, -0.05) is 12.1 Å². The molecule has 0 saturated heterocycles. The molecular formula is C20H25F2NO. The number of hydrogen-bond acceptors (Lipinski definition) is 2. The van der Waals surface area contributed by atoms with Gasteiger partial charge in [-0.3, -0.25) is 4.99 Å². The van der Waals surface area contributed by atoms with Gasteiger partial charge in [0.2, 0.25) is 0 Å². The molecule has 130 valence electrons. The minimum absolute atomic E-state index is 0.200. The maximum absolute atomic E-state index is 12.4. The monoisotopic (exact) mass is 333 g/mol. The first-order valence-electron chi connectivity index (χ1n) is 9.16. The molecule has 0 atom stereocenters. The molecule has 0 amide bonds. The van der Waals surface area contributed by atoms with Gasteiger partial charge in [-0.25, -0.2) is 0 Å². The molecule has 0 spiro atoms. The Labute approximate surface area is 142 Å². The lowest BCUT2D eigenvalue weighted by Gasteiger charge is -2.57. The molecule has 5 rings (SSSR count). The Balaban J connectivity index is 1.37. The van der Waals surface area contributed by atoms with E-state index in [1.165, 1.54) is 38.5 Å². The van der Waals surface area contributed by atoms with Gasteiger partial charge in [0.15, 0.2) is 0 Å². The number of hydrogen-bond donors (Lipinski definition) is 0. The smallest absolute Gasteiger partial charge is 0.387 e. The molecule has 0 aliphatic heterocycles. The minimum atomic E-state index is -2.80. The summed E-state index contributed by atoms with van der Waals surface area (Å²) in [5.41, 5.74) is 1.15. The normalized spacial score (nSPS) is 34.4. The van der Waals surface area contributed by atoms with Crippen molar-refractivity contribution in [3.05, 3.63) is 29.8 Å². The fraction of sp³-hybridized carbons (Fsp3) is 0.650. The van der Waals surface area contributed by atoms with E-state index in [4.69, 9.17) is 0 Å². The molecule has 0 radical (unpaired) electrons. The van der Waals surface area contributed by atoms with Crippen LogP contribution in [0.2, 0.25) is 0 Å². The number of rotatable bonds is 6. The van der Waals surface area contributed by atoms with Crippen LogP contribution in [0, 0.1) is 23.2 Å². The summed E-state index contributed by atoms with van der Waals surface area (Å²) in [7, 11) is 0. The standard InChI is InChI=1S/C20H25F2NO/c21-19(22)24-18-4-2-1-3-17(18)13-23-6-5-20-10-14-7-15(11-20)9-16(8-14)12-20/h1-4,13-16,19H,5-12H2. The fourth-order valence-corrected chi connectivity index (χ4v) is 5.85. The topological polar surface area (TPSA) is 21.6 Å². The summed E-state index contributed by atoms with van der Waals surface area (Å²) < 4.78 is 29.4. The third kappa shape index (κ3) is 3.33. The van der Waals surface area contributed by atoms with Gasteiger partial charge in [-0.15, -0.1) is 0 Å². The van der Waals surface area contributed by atoms with Crippen LogP contribution in [0.3, 0.4) is 0 Å². The first kappa shape index (κ1) is 16.0. The molecule has 0 heterocycles. The van der Waals surface area contributed by atoms with E-state index in [1.807, 2.05) is 6.07 Å². The molecule has 1 aromatic carbocycles. The van der Waals surface area contributed by atoms with Gasteiger partial charge in [0.25, 0.3) is 0 Å². The van der Waals surface area contributed by atoms with Crippen LogP contribution in [0.15, 0.2) is 29.3 Å². The van der Waals surface area contributed by atoms with Crippen molar-refractivity contribution in [3.8, 4) is 5.75 Å². The summed E-state index contributed by atoms with van der Waals surface area (Å²) in [6, 6.07) is 6.85. The Hall–Kier alpha value is -1.45. The quantitative estimate of drug-likeness (QED) is 0.646. The van der Waals surface area contributed by atoms with Crippen molar-refractivity contribution in [3.63, 3.8) is 0 Å². The lowest BCUT2D eigenvalue weighted by Crippen LogP contribution is -2.46. The Kier molecular flexibility index (Phi) is 4.31. The lowest BCUT2D eigenvalue weighted by atomic mass is 9.49. The summed E-state index contributed by atoms with van der Waals surface area (Å²) in [4.78, 5) is 4.54. The third-order valence-corrected chi connectivity index (χ3v) is 6.30. The number of aliphatic imine (C=N–C) groups is 1. The number of nitrogens with zero attached hydrogens (tertiary/aromatic N) is 1. The number of para-hydroxylation sites is 1. The van der Waals surface area contributed by atoms with Crippen LogP contribution in [0.5, 0.6) is 5.75 Å². The van der Waals surface area contributed by atoms with Crippen LogP contribution in [0.4, 0.5) is 8.78 Å². The van der Waals surface area contributed by atoms with E-state index in [0.717, 1.165) is 30.7 Å². The molecule has 4 aliphatic carbocycles. The summed E-state index contributed by atoms with van der Waals surface area (Å²) in [6.45, 7) is -2.01. The molecular weight excluding hydrogens is 308 g/mol. The Morgan fingerprint density at radius 3 is 2.33 bits per heavy atom. The van der Waals surface area contributed by atoms with Crippen molar-refractivity contribution < 1.29 is 13.5 Å². The van der Waals surface area contributed by atoms with Crippen LogP contribution in [-0.4, -0.2) is 19.4 Å². The van der Waals surface area contributed by atoms with Crippen LogP contribution >= 0.6 is 0 Å². The molecule has 4 saturated carbocycles. The highest BCUT2D eigenvalue weighted by Crippen LogP contribution is 2.61. The van der Waals surface area contributed by atoms with Gasteiger partial charge >= 0.3 is 6.61 Å². The van der Waals surface area contributed by atoms with E-state index >= 15 is 0 Å². The van der Waals surface area contributed by atoms with E-state index in [1.54, 1.807) is 24.4 Å². The maximum atomic E-state index is 12.4. The Morgan fingerprint density at radius 1 is 1.08 bits per heavy atom. The van der Waals surface area contributed by atoms with Crippen LogP contribution in [0.1, 0.15) is 50.5 Å². The number of ether oxygens (including phenoxy) is 1.